The summed E-state index contributed by atoms with van der Waals surface area (Å²) in [4.78, 5) is 11.7. The Balaban J connectivity index is 1.35. The Morgan fingerprint density at radius 2 is 1.72 bits per heavy atom. The summed E-state index contributed by atoms with van der Waals surface area (Å²) in [6.07, 6.45) is 3.22. The third kappa shape index (κ3) is 4.63. The largest absolute Gasteiger partial charge is 0.489 e. The van der Waals surface area contributed by atoms with E-state index in [0.717, 1.165) is 16.9 Å². The average Bonchev–Trinajstić information content (AvgIpc) is 3.22. The molecule has 3 aromatic carbocycles. The predicted octanol–water partition coefficient (Wildman–Crippen LogP) is 4.84. The van der Waals surface area contributed by atoms with Crippen LogP contribution in [0, 0.1) is 0 Å². The summed E-state index contributed by atoms with van der Waals surface area (Å²) in [6.45, 7) is 3.23. The van der Waals surface area contributed by atoms with E-state index in [1.807, 2.05) is 36.4 Å². The second-order valence-corrected chi connectivity index (χ2v) is 6.76. The van der Waals surface area contributed by atoms with E-state index in [2.05, 4.69) is 35.4 Å². The van der Waals surface area contributed by atoms with Gasteiger partial charge in [0.25, 0.3) is 0 Å². The number of benzene rings is 3. The third-order valence-corrected chi connectivity index (χ3v) is 4.63. The van der Waals surface area contributed by atoms with Gasteiger partial charge in [-0.05, 0) is 47.0 Å². The van der Waals surface area contributed by atoms with Crippen molar-refractivity contribution in [2.75, 3.05) is 6.61 Å². The first-order valence-corrected chi connectivity index (χ1v) is 9.60. The molecule has 1 aromatic heterocycles. The van der Waals surface area contributed by atoms with Gasteiger partial charge in [0.1, 0.15) is 12.4 Å². The molecular formula is C24H22N2O3. The first-order chi connectivity index (χ1) is 14.2. The van der Waals surface area contributed by atoms with Crippen LogP contribution in [0.4, 0.5) is 0 Å². The van der Waals surface area contributed by atoms with Crippen LogP contribution >= 0.6 is 0 Å². The molecule has 146 valence electrons. The van der Waals surface area contributed by atoms with Crippen LogP contribution < -0.4 is 4.74 Å². The maximum absolute atomic E-state index is 11.7. The zero-order valence-electron chi connectivity index (χ0n) is 16.2. The van der Waals surface area contributed by atoms with Crippen molar-refractivity contribution in [3.63, 3.8) is 0 Å². The Morgan fingerprint density at radius 3 is 2.52 bits per heavy atom. The molecule has 0 spiro atoms. The number of aromatic nitrogens is 2. The fourth-order valence-corrected chi connectivity index (χ4v) is 3.14. The number of esters is 1. The van der Waals surface area contributed by atoms with Gasteiger partial charge in [-0.3, -0.25) is 4.68 Å². The van der Waals surface area contributed by atoms with Crippen LogP contribution in [0.15, 0.2) is 79.1 Å². The molecule has 0 aliphatic heterocycles. The molecule has 4 rings (SSSR count). The lowest BCUT2D eigenvalue weighted by atomic mass is 10.1. The van der Waals surface area contributed by atoms with Crippen LogP contribution in [0.3, 0.4) is 0 Å². The summed E-state index contributed by atoms with van der Waals surface area (Å²) in [5, 5.41) is 6.66. The number of carbonyl (C=O) groups is 1. The Hall–Kier alpha value is -3.60. The minimum atomic E-state index is -0.351. The first-order valence-electron chi connectivity index (χ1n) is 9.60. The fraction of sp³-hybridized carbons (Fsp3) is 0.167. The summed E-state index contributed by atoms with van der Waals surface area (Å²) < 4.78 is 12.6. The Labute approximate surface area is 169 Å². The molecule has 5 heteroatoms. The molecule has 0 aliphatic rings. The molecule has 0 saturated heterocycles. The monoisotopic (exact) mass is 386 g/mol. The Bertz CT molecular complexity index is 1120. The highest BCUT2D eigenvalue weighted by atomic mass is 16.5. The molecule has 0 saturated carbocycles. The predicted molar refractivity (Wildman–Crippen MR) is 112 cm³/mol. The lowest BCUT2D eigenvalue weighted by Crippen LogP contribution is -2.04. The van der Waals surface area contributed by atoms with Crippen LogP contribution in [-0.2, 0) is 17.9 Å². The van der Waals surface area contributed by atoms with Gasteiger partial charge in [0, 0.05) is 6.20 Å². The van der Waals surface area contributed by atoms with E-state index < -0.39 is 0 Å². The molecule has 0 amide bonds. The first kappa shape index (κ1) is 18.7. The number of rotatable bonds is 7. The number of fused-ring (bicyclic) bond motifs is 1. The van der Waals surface area contributed by atoms with E-state index in [-0.39, 0.29) is 5.97 Å². The van der Waals surface area contributed by atoms with Crippen molar-refractivity contribution in [2.45, 2.75) is 20.1 Å². The van der Waals surface area contributed by atoms with Crippen molar-refractivity contribution in [1.29, 1.82) is 0 Å². The van der Waals surface area contributed by atoms with E-state index >= 15 is 0 Å². The van der Waals surface area contributed by atoms with Crippen molar-refractivity contribution in [2.24, 2.45) is 0 Å². The molecule has 0 radical (unpaired) electrons. The highest BCUT2D eigenvalue weighted by molar-refractivity contribution is 5.88. The van der Waals surface area contributed by atoms with Gasteiger partial charge >= 0.3 is 5.97 Å². The number of carbonyl (C=O) groups excluding carboxylic acids is 1. The molecule has 4 aromatic rings. The molecule has 0 fully saturated rings. The number of hydrogen-bond acceptors (Lipinski definition) is 4. The lowest BCUT2D eigenvalue weighted by Gasteiger charge is -2.08. The van der Waals surface area contributed by atoms with Crippen LogP contribution in [0.1, 0.15) is 28.4 Å². The summed E-state index contributed by atoms with van der Waals surface area (Å²) in [5.41, 5.74) is 2.67. The van der Waals surface area contributed by atoms with Gasteiger partial charge in [-0.2, -0.15) is 5.10 Å². The standard InChI is InChI=1S/C24H22N2O3/c1-2-28-24(27)22-14-25-26(16-22)15-18-8-11-23(12-9-18)29-17-19-7-10-20-5-3-4-6-21(20)13-19/h3-14,16H,2,15,17H2,1H3. The maximum atomic E-state index is 11.7. The molecule has 1 heterocycles. The van der Waals surface area contributed by atoms with E-state index in [9.17, 15) is 4.79 Å². The minimum Gasteiger partial charge on any atom is -0.489 e. The van der Waals surface area contributed by atoms with Crippen molar-refractivity contribution >= 4 is 16.7 Å². The van der Waals surface area contributed by atoms with Gasteiger partial charge in [-0.1, -0.05) is 48.5 Å². The van der Waals surface area contributed by atoms with Gasteiger partial charge in [0.05, 0.1) is 24.9 Å². The highest BCUT2D eigenvalue weighted by Gasteiger charge is 2.09. The summed E-state index contributed by atoms with van der Waals surface area (Å²) >= 11 is 0. The summed E-state index contributed by atoms with van der Waals surface area (Å²) in [7, 11) is 0. The Kier molecular flexibility index (Phi) is 5.56. The highest BCUT2D eigenvalue weighted by Crippen LogP contribution is 2.19. The summed E-state index contributed by atoms with van der Waals surface area (Å²) in [5.74, 6) is 0.464. The average molecular weight is 386 g/mol. The van der Waals surface area contributed by atoms with E-state index in [4.69, 9.17) is 9.47 Å². The van der Waals surface area contributed by atoms with E-state index in [1.54, 1.807) is 17.8 Å². The molecule has 0 unspecified atom stereocenters. The lowest BCUT2D eigenvalue weighted by molar-refractivity contribution is 0.0526. The van der Waals surface area contributed by atoms with Gasteiger partial charge < -0.3 is 9.47 Å². The minimum absolute atomic E-state index is 0.351. The van der Waals surface area contributed by atoms with Crippen molar-refractivity contribution < 1.29 is 14.3 Å². The van der Waals surface area contributed by atoms with Crippen molar-refractivity contribution in [3.05, 3.63) is 95.8 Å². The number of ether oxygens (including phenoxy) is 2. The van der Waals surface area contributed by atoms with E-state index in [0.29, 0.717) is 25.3 Å². The number of hydrogen-bond donors (Lipinski definition) is 0. The second kappa shape index (κ2) is 8.61. The SMILES string of the molecule is CCOC(=O)c1cnn(Cc2ccc(OCc3ccc4ccccc4c3)cc2)c1. The van der Waals surface area contributed by atoms with Crippen LogP contribution in [0.5, 0.6) is 5.75 Å². The zero-order valence-corrected chi connectivity index (χ0v) is 16.2. The molecule has 0 atom stereocenters. The third-order valence-electron chi connectivity index (χ3n) is 4.63. The normalized spacial score (nSPS) is 10.8. The second-order valence-electron chi connectivity index (χ2n) is 6.76. The molecule has 0 aliphatic carbocycles. The van der Waals surface area contributed by atoms with Crippen LogP contribution in [-0.4, -0.2) is 22.4 Å². The Morgan fingerprint density at radius 1 is 0.966 bits per heavy atom. The molecular weight excluding hydrogens is 364 g/mol. The van der Waals surface area contributed by atoms with Gasteiger partial charge in [0.2, 0.25) is 0 Å². The zero-order chi connectivity index (χ0) is 20.1. The van der Waals surface area contributed by atoms with Crippen LogP contribution in [0.2, 0.25) is 0 Å². The molecule has 5 nitrogen and oxygen atoms in total. The molecule has 29 heavy (non-hydrogen) atoms. The van der Waals surface area contributed by atoms with Gasteiger partial charge in [0.15, 0.2) is 0 Å². The molecule has 0 bridgehead atoms. The van der Waals surface area contributed by atoms with Crippen LogP contribution in [0.25, 0.3) is 10.8 Å². The number of nitrogens with zero attached hydrogens (tertiary/aromatic N) is 2. The van der Waals surface area contributed by atoms with Crippen molar-refractivity contribution in [1.82, 2.24) is 9.78 Å². The quantitative estimate of drug-likeness (QED) is 0.427. The topological polar surface area (TPSA) is 53.3 Å². The maximum Gasteiger partial charge on any atom is 0.341 e. The fourth-order valence-electron chi connectivity index (χ4n) is 3.14. The smallest absolute Gasteiger partial charge is 0.341 e. The van der Waals surface area contributed by atoms with Gasteiger partial charge in [-0.15, -0.1) is 0 Å². The molecule has 0 N–H and O–H groups in total. The van der Waals surface area contributed by atoms with Crippen molar-refractivity contribution in [3.8, 4) is 5.75 Å². The summed E-state index contributed by atoms with van der Waals surface area (Å²) in [6, 6.07) is 22.6. The van der Waals surface area contributed by atoms with Gasteiger partial charge in [-0.25, -0.2) is 4.79 Å². The van der Waals surface area contributed by atoms with E-state index in [1.165, 1.54) is 17.0 Å².